The van der Waals surface area contributed by atoms with E-state index >= 15 is 0 Å². The van der Waals surface area contributed by atoms with Crippen molar-refractivity contribution in [3.8, 4) is 0 Å². The maximum Gasteiger partial charge on any atom is 0.255 e. The molecule has 1 aromatic heterocycles. The normalized spacial score (nSPS) is 10.6. The van der Waals surface area contributed by atoms with Gasteiger partial charge in [0, 0.05) is 25.3 Å². The molecule has 1 amide bonds. The van der Waals surface area contributed by atoms with Gasteiger partial charge in [0.15, 0.2) is 0 Å². The van der Waals surface area contributed by atoms with E-state index in [0.717, 1.165) is 11.4 Å². The molecular weight excluding hydrogens is 334 g/mol. The summed E-state index contributed by atoms with van der Waals surface area (Å²) < 4.78 is 0. The predicted molar refractivity (Wildman–Crippen MR) is 109 cm³/mol. The van der Waals surface area contributed by atoms with Gasteiger partial charge in [0.1, 0.15) is 5.82 Å². The summed E-state index contributed by atoms with van der Waals surface area (Å²) in [6, 6.07) is 24.0. The third-order valence-electron chi connectivity index (χ3n) is 4.41. The molecule has 0 saturated carbocycles. The summed E-state index contributed by atoms with van der Waals surface area (Å²) in [7, 11) is 0. The van der Waals surface area contributed by atoms with Crippen molar-refractivity contribution < 1.29 is 4.79 Å². The molecule has 0 saturated heterocycles. The van der Waals surface area contributed by atoms with E-state index in [1.54, 1.807) is 6.20 Å². The van der Waals surface area contributed by atoms with Crippen LogP contribution in [-0.4, -0.2) is 21.8 Å². The van der Waals surface area contributed by atoms with Crippen LogP contribution in [0, 0.1) is 0 Å². The highest BCUT2D eigenvalue weighted by Crippen LogP contribution is 2.15. The number of pyridine rings is 1. The fraction of sp³-hybridized carbons (Fsp3) is 0.217. The predicted octanol–water partition coefficient (Wildman–Crippen LogP) is 4.74. The molecule has 0 aliphatic rings. The second kappa shape index (κ2) is 8.99. The summed E-state index contributed by atoms with van der Waals surface area (Å²) >= 11 is 0. The van der Waals surface area contributed by atoms with Crippen molar-refractivity contribution in [2.45, 2.75) is 33.0 Å². The van der Waals surface area contributed by atoms with Crippen molar-refractivity contribution in [3.63, 3.8) is 0 Å². The zero-order valence-electron chi connectivity index (χ0n) is 15.8. The molecule has 0 atom stereocenters. The maximum absolute atomic E-state index is 12.9. The van der Waals surface area contributed by atoms with Gasteiger partial charge in [-0.2, -0.15) is 0 Å². The van der Waals surface area contributed by atoms with E-state index in [0.29, 0.717) is 18.7 Å². The summed E-state index contributed by atoms with van der Waals surface area (Å²) in [6.45, 7) is 5.35. The van der Waals surface area contributed by atoms with Crippen molar-refractivity contribution in [3.05, 3.63) is 95.7 Å². The van der Waals surface area contributed by atoms with Gasteiger partial charge >= 0.3 is 0 Å². The summed E-state index contributed by atoms with van der Waals surface area (Å²) in [6.07, 6.45) is 1.65. The number of aromatic nitrogens is 1. The first-order chi connectivity index (χ1) is 13.1. The Kier molecular flexibility index (Phi) is 6.21. The average molecular weight is 359 g/mol. The molecule has 0 unspecified atom stereocenters. The Morgan fingerprint density at radius 2 is 1.56 bits per heavy atom. The lowest BCUT2D eigenvalue weighted by atomic mass is 10.1. The van der Waals surface area contributed by atoms with Gasteiger partial charge in [-0.3, -0.25) is 4.79 Å². The lowest BCUT2D eigenvalue weighted by molar-refractivity contribution is 0.0690. The maximum atomic E-state index is 12.9. The van der Waals surface area contributed by atoms with Crippen LogP contribution in [0.25, 0.3) is 0 Å². The van der Waals surface area contributed by atoms with Crippen LogP contribution in [0.5, 0.6) is 0 Å². The minimum absolute atomic E-state index is 0.00374. The number of hydrogen-bond donors (Lipinski definition) is 1. The topological polar surface area (TPSA) is 45.2 Å². The Labute approximate surface area is 160 Å². The molecule has 0 spiro atoms. The molecule has 4 heteroatoms. The van der Waals surface area contributed by atoms with E-state index in [2.05, 4.69) is 22.4 Å². The number of hydrogen-bond acceptors (Lipinski definition) is 3. The molecule has 138 valence electrons. The van der Waals surface area contributed by atoms with Crippen LogP contribution in [0.2, 0.25) is 0 Å². The third-order valence-corrected chi connectivity index (χ3v) is 4.41. The molecule has 0 radical (unpaired) electrons. The highest BCUT2D eigenvalue weighted by Gasteiger charge is 2.19. The van der Waals surface area contributed by atoms with E-state index in [1.807, 2.05) is 79.4 Å². The highest BCUT2D eigenvalue weighted by atomic mass is 16.2. The van der Waals surface area contributed by atoms with Crippen molar-refractivity contribution >= 4 is 11.7 Å². The molecule has 0 fully saturated rings. The first-order valence-corrected chi connectivity index (χ1v) is 9.22. The lowest BCUT2D eigenvalue weighted by Gasteiger charge is -2.27. The standard InChI is InChI=1S/C23H25N3O/c1-18(2)26(17-20-11-7-4-8-12-20)23(27)21-13-14-22(25-16-21)24-15-19-9-5-3-6-10-19/h3-14,16,18H,15,17H2,1-2H3,(H,24,25). The Hall–Kier alpha value is -3.14. The van der Waals surface area contributed by atoms with Crippen molar-refractivity contribution in [2.75, 3.05) is 5.32 Å². The first-order valence-electron chi connectivity index (χ1n) is 9.22. The number of rotatable bonds is 7. The van der Waals surface area contributed by atoms with E-state index in [4.69, 9.17) is 0 Å². The number of amides is 1. The van der Waals surface area contributed by atoms with Gasteiger partial charge < -0.3 is 10.2 Å². The number of carbonyl (C=O) groups excluding carboxylic acids is 1. The molecule has 1 N–H and O–H groups in total. The molecular formula is C23H25N3O. The quantitative estimate of drug-likeness (QED) is 0.662. The van der Waals surface area contributed by atoms with Crippen LogP contribution in [0.3, 0.4) is 0 Å². The van der Waals surface area contributed by atoms with Gasteiger partial charge in [0.2, 0.25) is 0 Å². The minimum atomic E-state index is -0.00374. The monoisotopic (exact) mass is 359 g/mol. The van der Waals surface area contributed by atoms with Crippen LogP contribution >= 0.6 is 0 Å². The highest BCUT2D eigenvalue weighted by molar-refractivity contribution is 5.94. The van der Waals surface area contributed by atoms with E-state index in [9.17, 15) is 4.79 Å². The number of anilines is 1. The van der Waals surface area contributed by atoms with E-state index in [-0.39, 0.29) is 11.9 Å². The molecule has 2 aromatic carbocycles. The van der Waals surface area contributed by atoms with Crippen LogP contribution < -0.4 is 5.32 Å². The molecule has 0 aliphatic carbocycles. The van der Waals surface area contributed by atoms with Gasteiger partial charge in [-0.1, -0.05) is 60.7 Å². The molecule has 3 rings (SSSR count). The fourth-order valence-corrected chi connectivity index (χ4v) is 2.85. The average Bonchev–Trinajstić information content (AvgIpc) is 2.72. The van der Waals surface area contributed by atoms with Gasteiger partial charge in [-0.05, 0) is 37.1 Å². The first kappa shape index (κ1) is 18.6. The molecule has 27 heavy (non-hydrogen) atoms. The van der Waals surface area contributed by atoms with Crippen LogP contribution in [-0.2, 0) is 13.1 Å². The van der Waals surface area contributed by atoms with Crippen LogP contribution in [0.1, 0.15) is 35.3 Å². The second-order valence-electron chi connectivity index (χ2n) is 6.78. The lowest BCUT2D eigenvalue weighted by Crippen LogP contribution is -2.36. The Bertz CT molecular complexity index is 846. The van der Waals surface area contributed by atoms with Crippen molar-refractivity contribution in [2.24, 2.45) is 0 Å². The molecule has 3 aromatic rings. The largest absolute Gasteiger partial charge is 0.366 e. The van der Waals surface area contributed by atoms with E-state index in [1.165, 1.54) is 5.56 Å². The van der Waals surface area contributed by atoms with Crippen LogP contribution in [0.4, 0.5) is 5.82 Å². The Morgan fingerprint density at radius 1 is 0.926 bits per heavy atom. The third kappa shape index (κ3) is 5.17. The molecule has 4 nitrogen and oxygen atoms in total. The molecule has 0 aliphatic heterocycles. The number of nitrogens with one attached hydrogen (secondary N) is 1. The van der Waals surface area contributed by atoms with Gasteiger partial charge in [0.05, 0.1) is 5.56 Å². The van der Waals surface area contributed by atoms with Crippen LogP contribution in [0.15, 0.2) is 79.0 Å². The zero-order valence-corrected chi connectivity index (χ0v) is 15.8. The minimum Gasteiger partial charge on any atom is -0.366 e. The van der Waals surface area contributed by atoms with Crippen molar-refractivity contribution in [1.29, 1.82) is 0 Å². The molecule has 1 heterocycles. The molecule has 0 bridgehead atoms. The number of benzene rings is 2. The Balaban J connectivity index is 1.66. The number of carbonyl (C=O) groups is 1. The fourth-order valence-electron chi connectivity index (χ4n) is 2.85. The van der Waals surface area contributed by atoms with Crippen molar-refractivity contribution in [1.82, 2.24) is 9.88 Å². The van der Waals surface area contributed by atoms with Gasteiger partial charge in [0.25, 0.3) is 5.91 Å². The summed E-state index contributed by atoms with van der Waals surface area (Å²) in [4.78, 5) is 19.2. The van der Waals surface area contributed by atoms with Gasteiger partial charge in [-0.25, -0.2) is 4.98 Å². The summed E-state index contributed by atoms with van der Waals surface area (Å²) in [5.74, 6) is 0.755. The number of nitrogens with zero attached hydrogens (tertiary/aromatic N) is 2. The zero-order chi connectivity index (χ0) is 19.1. The summed E-state index contributed by atoms with van der Waals surface area (Å²) in [5.41, 5.74) is 2.91. The summed E-state index contributed by atoms with van der Waals surface area (Å²) in [5, 5.41) is 3.28. The Morgan fingerprint density at radius 3 is 2.11 bits per heavy atom. The smallest absolute Gasteiger partial charge is 0.255 e. The van der Waals surface area contributed by atoms with E-state index < -0.39 is 0 Å². The van der Waals surface area contributed by atoms with Gasteiger partial charge in [-0.15, -0.1) is 0 Å². The second-order valence-corrected chi connectivity index (χ2v) is 6.78. The SMILES string of the molecule is CC(C)N(Cc1ccccc1)C(=O)c1ccc(NCc2ccccc2)nc1.